The van der Waals surface area contributed by atoms with Gasteiger partial charge in [-0.1, -0.05) is 28.1 Å². The average molecular weight is 441 g/mol. The minimum atomic E-state index is -3.47. The number of rotatable bonds is 5. The van der Waals surface area contributed by atoms with Gasteiger partial charge in [0.05, 0.1) is 17.6 Å². The summed E-state index contributed by atoms with van der Waals surface area (Å²) in [6.45, 7) is 2.22. The highest BCUT2D eigenvalue weighted by Gasteiger charge is 2.41. The predicted molar refractivity (Wildman–Crippen MR) is 102 cm³/mol. The monoisotopic (exact) mass is 440 g/mol. The average Bonchev–Trinajstić information content (AvgIpc) is 2.61. The van der Waals surface area contributed by atoms with E-state index >= 15 is 0 Å². The molecule has 1 fully saturated rings. The molecule has 0 spiro atoms. The normalized spacial score (nSPS) is 24.0. The molecule has 1 aliphatic rings. The van der Waals surface area contributed by atoms with Gasteiger partial charge in [0.1, 0.15) is 0 Å². The second-order valence-corrected chi connectivity index (χ2v) is 8.96. The Labute approximate surface area is 159 Å². The molecule has 1 aliphatic heterocycles. The van der Waals surface area contributed by atoms with Crippen LogP contribution in [0.4, 0.5) is 11.4 Å². The maximum Gasteiger partial charge on any atom is 0.357 e. The third kappa shape index (κ3) is 4.32. The molecule has 2 aromatic carbocycles. The van der Waals surface area contributed by atoms with Gasteiger partial charge in [-0.05, 0) is 43.2 Å². The number of anilines is 1. The summed E-state index contributed by atoms with van der Waals surface area (Å²) >= 11 is 3.39. The number of benzene rings is 2. The van der Waals surface area contributed by atoms with Gasteiger partial charge < -0.3 is 14.4 Å². The van der Waals surface area contributed by atoms with Crippen LogP contribution < -0.4 is 5.32 Å². The zero-order valence-corrected chi connectivity index (χ0v) is 16.5. The predicted octanol–water partition coefficient (Wildman–Crippen LogP) is 5.49. The molecule has 0 saturated carbocycles. The standard InChI is InChI=1S/C17H18BrN2O5P/c1-12-10-11-24-26(23,25-12)17(13-2-4-14(18)5-3-13)19-15-6-8-16(9-7-15)20(21)22/h2-9,12,17,19H,10-11H2,1H3/t12-,17+,26+/m1/s1. The topological polar surface area (TPSA) is 90.7 Å². The van der Waals surface area contributed by atoms with Gasteiger partial charge in [-0.25, -0.2) is 0 Å². The highest BCUT2D eigenvalue weighted by molar-refractivity contribution is 9.10. The van der Waals surface area contributed by atoms with E-state index in [0.29, 0.717) is 18.7 Å². The molecule has 7 nitrogen and oxygen atoms in total. The molecule has 3 rings (SSSR count). The largest absolute Gasteiger partial charge is 0.368 e. The minimum absolute atomic E-state index is 0.0128. The van der Waals surface area contributed by atoms with Crippen molar-refractivity contribution in [1.82, 2.24) is 0 Å². The Kier molecular flexibility index (Phi) is 5.77. The van der Waals surface area contributed by atoms with Crippen molar-refractivity contribution in [1.29, 1.82) is 0 Å². The molecule has 2 aromatic rings. The first-order chi connectivity index (χ1) is 12.4. The lowest BCUT2D eigenvalue weighted by Crippen LogP contribution is -2.23. The Morgan fingerprint density at radius 1 is 1.23 bits per heavy atom. The molecule has 3 atom stereocenters. The van der Waals surface area contributed by atoms with Crippen LogP contribution in [0.25, 0.3) is 0 Å². The van der Waals surface area contributed by atoms with Crippen molar-refractivity contribution in [3.05, 3.63) is 68.7 Å². The van der Waals surface area contributed by atoms with Crippen LogP contribution in [0.5, 0.6) is 0 Å². The smallest absolute Gasteiger partial charge is 0.357 e. The first-order valence-corrected chi connectivity index (χ1v) is 10.5. The van der Waals surface area contributed by atoms with E-state index in [4.69, 9.17) is 9.05 Å². The van der Waals surface area contributed by atoms with Crippen molar-refractivity contribution >= 4 is 34.9 Å². The van der Waals surface area contributed by atoms with E-state index in [2.05, 4.69) is 21.2 Å². The van der Waals surface area contributed by atoms with Gasteiger partial charge in [0, 0.05) is 22.3 Å². The van der Waals surface area contributed by atoms with E-state index in [9.17, 15) is 14.7 Å². The van der Waals surface area contributed by atoms with E-state index in [-0.39, 0.29) is 11.8 Å². The van der Waals surface area contributed by atoms with Crippen LogP contribution in [0.1, 0.15) is 24.7 Å². The Balaban J connectivity index is 1.93. The quantitative estimate of drug-likeness (QED) is 0.375. The van der Waals surface area contributed by atoms with Gasteiger partial charge >= 0.3 is 7.60 Å². The summed E-state index contributed by atoms with van der Waals surface area (Å²) in [5, 5.41) is 14.0. The summed E-state index contributed by atoms with van der Waals surface area (Å²) in [7, 11) is -3.47. The lowest BCUT2D eigenvalue weighted by molar-refractivity contribution is -0.384. The Bertz CT molecular complexity index is 828. The molecule has 26 heavy (non-hydrogen) atoms. The number of nitro benzene ring substituents is 1. The SMILES string of the molecule is C[C@@H]1CCO[P@@](=O)([C@H](Nc2ccc([N+](=O)[O-])cc2)c2ccc(Br)cc2)O1. The Hall–Kier alpha value is -1.73. The Morgan fingerprint density at radius 2 is 1.88 bits per heavy atom. The van der Waals surface area contributed by atoms with Gasteiger partial charge in [-0.2, -0.15) is 0 Å². The molecule has 1 N–H and O–H groups in total. The first-order valence-electron chi connectivity index (χ1n) is 8.06. The molecular formula is C17H18BrN2O5P. The second-order valence-electron chi connectivity index (χ2n) is 5.98. The van der Waals surface area contributed by atoms with E-state index in [1.807, 2.05) is 31.2 Å². The fourth-order valence-electron chi connectivity index (χ4n) is 2.64. The molecule has 0 amide bonds. The van der Waals surface area contributed by atoms with Crippen molar-refractivity contribution in [2.24, 2.45) is 0 Å². The number of nitrogens with zero attached hydrogens (tertiary/aromatic N) is 1. The first kappa shape index (κ1) is 19.0. The van der Waals surface area contributed by atoms with Gasteiger partial charge in [-0.15, -0.1) is 0 Å². The van der Waals surface area contributed by atoms with Crippen LogP contribution in [0.15, 0.2) is 53.0 Å². The van der Waals surface area contributed by atoms with Crippen molar-refractivity contribution in [2.45, 2.75) is 25.2 Å². The number of halogens is 1. The number of hydrogen-bond acceptors (Lipinski definition) is 6. The molecule has 0 aromatic heterocycles. The number of hydrogen-bond donors (Lipinski definition) is 1. The molecule has 0 aliphatic carbocycles. The summed E-state index contributed by atoms with van der Waals surface area (Å²) in [6.07, 6.45) is 0.500. The number of non-ortho nitro benzene ring substituents is 1. The maximum atomic E-state index is 13.4. The van der Waals surface area contributed by atoms with Crippen LogP contribution in [0.3, 0.4) is 0 Å². The highest BCUT2D eigenvalue weighted by atomic mass is 79.9. The van der Waals surface area contributed by atoms with E-state index in [0.717, 1.165) is 10.0 Å². The number of nitro groups is 1. The zero-order valence-electron chi connectivity index (χ0n) is 14.0. The van der Waals surface area contributed by atoms with Gasteiger partial charge in [0.15, 0.2) is 5.78 Å². The zero-order chi connectivity index (χ0) is 18.7. The lowest BCUT2D eigenvalue weighted by Gasteiger charge is -2.34. The summed E-state index contributed by atoms with van der Waals surface area (Å²) in [6, 6.07) is 13.3. The van der Waals surface area contributed by atoms with Crippen molar-refractivity contribution < 1.29 is 18.5 Å². The molecular weight excluding hydrogens is 423 g/mol. The van der Waals surface area contributed by atoms with E-state index < -0.39 is 18.3 Å². The minimum Gasteiger partial charge on any atom is -0.368 e. The molecule has 0 radical (unpaired) electrons. The summed E-state index contributed by atoms with van der Waals surface area (Å²) in [5.41, 5.74) is 1.31. The van der Waals surface area contributed by atoms with Crippen molar-refractivity contribution in [3.8, 4) is 0 Å². The van der Waals surface area contributed by atoms with Gasteiger partial charge in [-0.3, -0.25) is 14.7 Å². The fraction of sp³-hybridized carbons (Fsp3) is 0.294. The van der Waals surface area contributed by atoms with E-state index in [1.165, 1.54) is 12.1 Å². The van der Waals surface area contributed by atoms with Gasteiger partial charge in [0.2, 0.25) is 0 Å². The van der Waals surface area contributed by atoms with Gasteiger partial charge in [0.25, 0.3) is 5.69 Å². The molecule has 1 heterocycles. The van der Waals surface area contributed by atoms with Crippen LogP contribution in [0, 0.1) is 10.1 Å². The summed E-state index contributed by atoms with van der Waals surface area (Å²) in [5.74, 6) is -0.722. The highest BCUT2D eigenvalue weighted by Crippen LogP contribution is 2.63. The Morgan fingerprint density at radius 3 is 2.46 bits per heavy atom. The third-order valence-corrected chi connectivity index (χ3v) is 6.79. The van der Waals surface area contributed by atoms with Crippen molar-refractivity contribution in [2.75, 3.05) is 11.9 Å². The molecule has 0 bridgehead atoms. The molecule has 1 saturated heterocycles. The van der Waals surface area contributed by atoms with Crippen LogP contribution in [0.2, 0.25) is 0 Å². The molecule has 138 valence electrons. The van der Waals surface area contributed by atoms with Crippen LogP contribution in [-0.4, -0.2) is 17.6 Å². The maximum absolute atomic E-state index is 13.4. The third-order valence-electron chi connectivity index (χ3n) is 4.01. The fourth-order valence-corrected chi connectivity index (χ4v) is 5.05. The van der Waals surface area contributed by atoms with Crippen LogP contribution >= 0.6 is 23.5 Å². The lowest BCUT2D eigenvalue weighted by atomic mass is 10.2. The number of nitrogens with one attached hydrogen (secondary N) is 1. The molecule has 0 unspecified atom stereocenters. The van der Waals surface area contributed by atoms with Crippen LogP contribution in [-0.2, 0) is 13.6 Å². The summed E-state index contributed by atoms with van der Waals surface area (Å²) < 4.78 is 25.6. The summed E-state index contributed by atoms with van der Waals surface area (Å²) in [4.78, 5) is 10.4. The second kappa shape index (κ2) is 7.88. The van der Waals surface area contributed by atoms with E-state index in [1.54, 1.807) is 12.1 Å². The van der Waals surface area contributed by atoms with Crippen molar-refractivity contribution in [3.63, 3.8) is 0 Å². The molecule has 9 heteroatoms.